The first kappa shape index (κ1) is 15.7. The summed E-state index contributed by atoms with van der Waals surface area (Å²) in [7, 11) is 0. The third-order valence-corrected chi connectivity index (χ3v) is 4.16. The SMILES string of the molecule is CCCNCC(Cc1cccc(Br)c1)C(C)CC. The summed E-state index contributed by atoms with van der Waals surface area (Å²) >= 11 is 3.55. The van der Waals surface area contributed by atoms with Crippen molar-refractivity contribution < 1.29 is 0 Å². The topological polar surface area (TPSA) is 12.0 Å². The molecule has 1 nitrogen and oxygen atoms in total. The minimum absolute atomic E-state index is 0.732. The van der Waals surface area contributed by atoms with Crippen LogP contribution in [0.25, 0.3) is 0 Å². The van der Waals surface area contributed by atoms with E-state index >= 15 is 0 Å². The number of rotatable bonds is 8. The predicted octanol–water partition coefficient (Wildman–Crippen LogP) is 4.65. The van der Waals surface area contributed by atoms with Gasteiger partial charge in [0.15, 0.2) is 0 Å². The van der Waals surface area contributed by atoms with Crippen LogP contribution in [0.3, 0.4) is 0 Å². The van der Waals surface area contributed by atoms with Crippen molar-refractivity contribution in [1.29, 1.82) is 0 Å². The first-order valence-corrected chi connectivity index (χ1v) is 7.91. The summed E-state index contributed by atoms with van der Waals surface area (Å²) in [4.78, 5) is 0. The minimum Gasteiger partial charge on any atom is -0.316 e. The van der Waals surface area contributed by atoms with Gasteiger partial charge in [-0.2, -0.15) is 0 Å². The van der Waals surface area contributed by atoms with Gasteiger partial charge in [-0.1, -0.05) is 55.3 Å². The Morgan fingerprint density at radius 2 is 2.06 bits per heavy atom. The van der Waals surface area contributed by atoms with Crippen LogP contribution < -0.4 is 5.32 Å². The largest absolute Gasteiger partial charge is 0.316 e. The molecular weight excluding hydrogens is 286 g/mol. The molecule has 0 aliphatic carbocycles. The van der Waals surface area contributed by atoms with Crippen molar-refractivity contribution in [2.24, 2.45) is 11.8 Å². The zero-order chi connectivity index (χ0) is 13.4. The molecule has 2 heteroatoms. The van der Waals surface area contributed by atoms with Gasteiger partial charge in [-0.25, -0.2) is 0 Å². The van der Waals surface area contributed by atoms with Gasteiger partial charge >= 0.3 is 0 Å². The van der Waals surface area contributed by atoms with Gasteiger partial charge in [0.2, 0.25) is 0 Å². The molecule has 1 aromatic carbocycles. The number of nitrogens with one attached hydrogen (secondary N) is 1. The Bertz CT molecular complexity index is 338. The Hall–Kier alpha value is -0.340. The van der Waals surface area contributed by atoms with Gasteiger partial charge in [0.1, 0.15) is 0 Å². The Kier molecular flexibility index (Phi) is 7.60. The Morgan fingerprint density at radius 3 is 2.67 bits per heavy atom. The smallest absolute Gasteiger partial charge is 0.0177 e. The van der Waals surface area contributed by atoms with E-state index < -0.39 is 0 Å². The Balaban J connectivity index is 2.59. The Morgan fingerprint density at radius 1 is 1.28 bits per heavy atom. The van der Waals surface area contributed by atoms with Crippen molar-refractivity contribution >= 4 is 15.9 Å². The molecule has 0 saturated carbocycles. The maximum Gasteiger partial charge on any atom is 0.0177 e. The van der Waals surface area contributed by atoms with Crippen LogP contribution >= 0.6 is 15.9 Å². The summed E-state index contributed by atoms with van der Waals surface area (Å²) in [6.45, 7) is 9.15. The van der Waals surface area contributed by atoms with E-state index in [1.165, 1.54) is 29.3 Å². The minimum atomic E-state index is 0.732. The van der Waals surface area contributed by atoms with E-state index in [-0.39, 0.29) is 0 Å². The molecule has 0 bridgehead atoms. The van der Waals surface area contributed by atoms with Gasteiger partial charge in [-0.05, 0) is 55.5 Å². The second-order valence-corrected chi connectivity index (χ2v) is 6.10. The molecule has 0 radical (unpaired) electrons. The van der Waals surface area contributed by atoms with E-state index in [0.717, 1.165) is 24.9 Å². The van der Waals surface area contributed by atoms with E-state index in [0.29, 0.717) is 0 Å². The third kappa shape index (κ3) is 5.53. The van der Waals surface area contributed by atoms with Gasteiger partial charge in [0.25, 0.3) is 0 Å². The van der Waals surface area contributed by atoms with Crippen molar-refractivity contribution in [3.8, 4) is 0 Å². The predicted molar refractivity (Wildman–Crippen MR) is 84.0 cm³/mol. The van der Waals surface area contributed by atoms with Crippen LogP contribution in [0.2, 0.25) is 0 Å². The normalized spacial score (nSPS) is 14.4. The van der Waals surface area contributed by atoms with Gasteiger partial charge in [0, 0.05) is 4.47 Å². The maximum absolute atomic E-state index is 3.57. The lowest BCUT2D eigenvalue weighted by Crippen LogP contribution is -2.29. The first-order valence-electron chi connectivity index (χ1n) is 7.12. The molecule has 102 valence electrons. The van der Waals surface area contributed by atoms with Gasteiger partial charge in [-0.15, -0.1) is 0 Å². The highest BCUT2D eigenvalue weighted by Gasteiger charge is 2.16. The Labute approximate surface area is 120 Å². The van der Waals surface area contributed by atoms with E-state index in [9.17, 15) is 0 Å². The fraction of sp³-hybridized carbons (Fsp3) is 0.625. The molecule has 0 fully saturated rings. The quantitative estimate of drug-likeness (QED) is 0.689. The molecule has 0 saturated heterocycles. The zero-order valence-corrected chi connectivity index (χ0v) is 13.5. The van der Waals surface area contributed by atoms with E-state index in [4.69, 9.17) is 0 Å². The zero-order valence-electron chi connectivity index (χ0n) is 11.9. The van der Waals surface area contributed by atoms with Gasteiger partial charge in [-0.3, -0.25) is 0 Å². The molecule has 1 N–H and O–H groups in total. The molecule has 0 aliphatic rings. The second kappa shape index (κ2) is 8.71. The standard InChI is InChI=1S/C16H26BrN/c1-4-9-18-12-15(13(3)5-2)10-14-7-6-8-16(17)11-14/h6-8,11,13,15,18H,4-5,9-10,12H2,1-3H3. The maximum atomic E-state index is 3.57. The van der Waals surface area contributed by atoms with Gasteiger partial charge < -0.3 is 5.32 Å². The van der Waals surface area contributed by atoms with Crippen LogP contribution in [-0.2, 0) is 6.42 Å². The van der Waals surface area contributed by atoms with Crippen LogP contribution in [0.15, 0.2) is 28.7 Å². The molecule has 0 aliphatic heterocycles. The monoisotopic (exact) mass is 311 g/mol. The molecular formula is C16H26BrN. The van der Waals surface area contributed by atoms with Crippen molar-refractivity contribution in [3.63, 3.8) is 0 Å². The highest BCUT2D eigenvalue weighted by Crippen LogP contribution is 2.21. The lowest BCUT2D eigenvalue weighted by molar-refractivity contribution is 0.329. The second-order valence-electron chi connectivity index (χ2n) is 5.18. The summed E-state index contributed by atoms with van der Waals surface area (Å²) < 4.78 is 1.18. The lowest BCUT2D eigenvalue weighted by Gasteiger charge is -2.23. The lowest BCUT2D eigenvalue weighted by atomic mass is 9.86. The molecule has 2 atom stereocenters. The fourth-order valence-corrected chi connectivity index (χ4v) is 2.69. The van der Waals surface area contributed by atoms with Crippen molar-refractivity contribution in [1.82, 2.24) is 5.32 Å². The summed E-state index contributed by atoms with van der Waals surface area (Å²) in [5, 5.41) is 3.57. The van der Waals surface area contributed by atoms with Crippen LogP contribution in [0.1, 0.15) is 39.2 Å². The summed E-state index contributed by atoms with van der Waals surface area (Å²) in [6.07, 6.45) is 3.64. The third-order valence-electron chi connectivity index (χ3n) is 3.67. The highest BCUT2D eigenvalue weighted by atomic mass is 79.9. The van der Waals surface area contributed by atoms with Crippen molar-refractivity contribution in [2.75, 3.05) is 13.1 Å². The number of benzene rings is 1. The van der Waals surface area contributed by atoms with Crippen LogP contribution in [0.4, 0.5) is 0 Å². The van der Waals surface area contributed by atoms with Crippen molar-refractivity contribution in [3.05, 3.63) is 34.3 Å². The van der Waals surface area contributed by atoms with Gasteiger partial charge in [0.05, 0.1) is 0 Å². The highest BCUT2D eigenvalue weighted by molar-refractivity contribution is 9.10. The molecule has 0 amide bonds. The van der Waals surface area contributed by atoms with E-state index in [1.807, 2.05) is 0 Å². The number of hydrogen-bond donors (Lipinski definition) is 1. The van der Waals surface area contributed by atoms with Crippen LogP contribution in [0, 0.1) is 11.8 Å². The fourth-order valence-electron chi connectivity index (χ4n) is 2.24. The summed E-state index contributed by atoms with van der Waals surface area (Å²) in [5.41, 5.74) is 1.44. The van der Waals surface area contributed by atoms with Crippen molar-refractivity contribution in [2.45, 2.75) is 40.0 Å². The molecule has 2 unspecified atom stereocenters. The van der Waals surface area contributed by atoms with E-state index in [2.05, 4.69) is 66.3 Å². The van der Waals surface area contributed by atoms with Crippen LogP contribution in [-0.4, -0.2) is 13.1 Å². The molecule has 0 spiro atoms. The average molecular weight is 312 g/mol. The number of hydrogen-bond acceptors (Lipinski definition) is 1. The summed E-state index contributed by atoms with van der Waals surface area (Å²) in [5.74, 6) is 1.50. The average Bonchev–Trinajstić information content (AvgIpc) is 2.37. The first-order chi connectivity index (χ1) is 8.67. The number of halogens is 1. The van der Waals surface area contributed by atoms with Crippen LogP contribution in [0.5, 0.6) is 0 Å². The molecule has 0 heterocycles. The molecule has 18 heavy (non-hydrogen) atoms. The summed E-state index contributed by atoms with van der Waals surface area (Å²) in [6, 6.07) is 8.71. The molecule has 0 aromatic heterocycles. The molecule has 1 rings (SSSR count). The van der Waals surface area contributed by atoms with E-state index in [1.54, 1.807) is 0 Å². The molecule has 1 aromatic rings.